The molecule has 0 spiro atoms. The number of nitrogens with one attached hydrogen (secondary N) is 2. The van der Waals surface area contributed by atoms with Gasteiger partial charge in [0.2, 0.25) is 0 Å². The van der Waals surface area contributed by atoms with Crippen LogP contribution < -0.4 is 10.6 Å². The second-order valence-electron chi connectivity index (χ2n) is 11.6. The minimum Gasteiger partial charge on any atom is -0.354 e. The number of carbonyl (C=O) groups is 2. The van der Waals surface area contributed by atoms with Crippen molar-refractivity contribution in [2.45, 2.75) is 50.7 Å². The molecule has 0 aliphatic heterocycles. The fourth-order valence-corrected chi connectivity index (χ4v) is 7.20. The molecule has 258 valence electrons. The van der Waals surface area contributed by atoms with Gasteiger partial charge in [-0.05, 0) is 91.2 Å². The molecule has 3 aromatic rings. The second-order valence-corrected chi connectivity index (χ2v) is 14.9. The first-order chi connectivity index (χ1) is 22.0. The molecule has 0 aromatic heterocycles. The van der Waals surface area contributed by atoms with E-state index in [1.165, 1.54) is 63.2 Å². The van der Waals surface area contributed by atoms with Gasteiger partial charge in [-0.25, -0.2) is 8.42 Å². The van der Waals surface area contributed by atoms with E-state index in [4.69, 9.17) is 5.26 Å². The van der Waals surface area contributed by atoms with Gasteiger partial charge >= 0.3 is 12.4 Å². The van der Waals surface area contributed by atoms with Crippen LogP contribution in [-0.4, -0.2) is 56.7 Å². The third kappa shape index (κ3) is 9.05. The predicted molar refractivity (Wildman–Crippen MR) is 174 cm³/mol. The predicted octanol–water partition coefficient (Wildman–Crippen LogP) is 6.86. The molecule has 0 aliphatic carbocycles. The Bertz CT molecular complexity index is 1840. The van der Waals surface area contributed by atoms with E-state index < -0.39 is 63.1 Å². The molecule has 16 heteroatoms. The summed E-state index contributed by atoms with van der Waals surface area (Å²) < 4.78 is 115. The number of ether oxygens (including phenoxy) is 1. The molecule has 0 saturated heterocycles. The monoisotopic (exact) mass is 809 g/mol. The van der Waals surface area contributed by atoms with Crippen LogP contribution in [0.1, 0.15) is 56.8 Å². The second kappa shape index (κ2) is 14.4. The highest BCUT2D eigenvalue weighted by atomic mass is 127. The maximum atomic E-state index is 14.4. The van der Waals surface area contributed by atoms with E-state index in [-0.39, 0.29) is 34.4 Å². The Morgan fingerprint density at radius 2 is 1.56 bits per heavy atom. The Labute approximate surface area is 286 Å². The van der Waals surface area contributed by atoms with Gasteiger partial charge in [0.25, 0.3) is 17.4 Å². The maximum absolute atomic E-state index is 14.4. The Kier molecular flexibility index (Phi) is 11.6. The highest BCUT2D eigenvalue weighted by molar-refractivity contribution is 14.1. The Hall–Kier alpha value is -3.69. The minimum atomic E-state index is -5.95. The summed E-state index contributed by atoms with van der Waals surface area (Å²) in [5.41, 5.74) is -7.36. The molecule has 0 radical (unpaired) electrons. The molecule has 0 saturated carbocycles. The summed E-state index contributed by atoms with van der Waals surface area (Å²) in [6, 6.07) is 13.8. The first kappa shape index (κ1) is 38.8. The first-order valence-electron chi connectivity index (χ1n) is 14.0. The van der Waals surface area contributed by atoms with Crippen molar-refractivity contribution in [3.05, 3.63) is 97.6 Å². The van der Waals surface area contributed by atoms with Gasteiger partial charge in [-0.15, -0.1) is 0 Å². The van der Waals surface area contributed by atoms with Crippen molar-refractivity contribution in [3.8, 4) is 6.07 Å². The average Bonchev–Trinajstić information content (AvgIpc) is 2.93. The van der Waals surface area contributed by atoms with Gasteiger partial charge in [0.15, 0.2) is 0 Å². The molecule has 0 unspecified atom stereocenters. The molecule has 2 amide bonds. The lowest BCUT2D eigenvalue weighted by Gasteiger charge is -2.37. The lowest BCUT2D eigenvalue weighted by molar-refractivity contribution is -0.389. The van der Waals surface area contributed by atoms with Crippen LogP contribution in [0.2, 0.25) is 0 Å². The van der Waals surface area contributed by atoms with E-state index >= 15 is 0 Å². The topological polar surface area (TPSA) is 125 Å². The standard InChI is InChI=1S/C32H30F6IN3O5S/c1-19-15-22(30(31(33,34)35,32(36,37)38)47-14-13-20-7-5-8-21(16-20)17-40)11-12-25(19)41-27(43)23-9-6-10-24(39)26(23)28(44)42-29(2,3)18-48(4,45)46/h5-12,15-16H,13-14,18H2,1-4H3,(H,41,43)(H,42,44). The van der Waals surface area contributed by atoms with Crippen LogP contribution in [0, 0.1) is 21.8 Å². The van der Waals surface area contributed by atoms with Crippen LogP contribution in [0.25, 0.3) is 0 Å². The first-order valence-corrected chi connectivity index (χ1v) is 17.1. The average molecular weight is 810 g/mol. The Morgan fingerprint density at radius 1 is 0.938 bits per heavy atom. The van der Waals surface area contributed by atoms with Crippen molar-refractivity contribution in [2.24, 2.45) is 0 Å². The fourth-order valence-electron chi connectivity index (χ4n) is 5.07. The van der Waals surface area contributed by atoms with Gasteiger partial charge in [0, 0.05) is 26.6 Å². The van der Waals surface area contributed by atoms with Gasteiger partial charge in [-0.1, -0.05) is 30.3 Å². The van der Waals surface area contributed by atoms with Crippen molar-refractivity contribution >= 4 is 49.9 Å². The Morgan fingerprint density at radius 3 is 2.12 bits per heavy atom. The summed E-state index contributed by atoms with van der Waals surface area (Å²) in [5.74, 6) is -2.08. The summed E-state index contributed by atoms with van der Waals surface area (Å²) in [6.45, 7) is 3.15. The lowest BCUT2D eigenvalue weighted by atomic mass is 9.90. The minimum absolute atomic E-state index is 0.117. The molecule has 0 atom stereocenters. The molecular weight excluding hydrogens is 779 g/mol. The molecule has 48 heavy (non-hydrogen) atoms. The third-order valence-electron chi connectivity index (χ3n) is 7.01. The van der Waals surface area contributed by atoms with Crippen molar-refractivity contribution in [1.29, 1.82) is 5.26 Å². The van der Waals surface area contributed by atoms with E-state index in [9.17, 15) is 44.3 Å². The van der Waals surface area contributed by atoms with Crippen molar-refractivity contribution in [3.63, 3.8) is 0 Å². The smallest absolute Gasteiger partial charge is 0.354 e. The maximum Gasteiger partial charge on any atom is 0.430 e. The number of rotatable bonds is 11. The van der Waals surface area contributed by atoms with Gasteiger partial charge < -0.3 is 15.4 Å². The quantitative estimate of drug-likeness (QED) is 0.161. The van der Waals surface area contributed by atoms with Crippen molar-refractivity contribution in [2.75, 3.05) is 23.9 Å². The number of carbonyl (C=O) groups excluding carboxylic acids is 2. The van der Waals surface area contributed by atoms with E-state index in [1.54, 1.807) is 22.6 Å². The molecular formula is C32H30F6IN3O5S. The molecule has 0 aliphatic rings. The molecule has 0 fully saturated rings. The molecule has 2 N–H and O–H groups in total. The Balaban J connectivity index is 1.95. The molecule has 0 bridgehead atoms. The number of alkyl halides is 6. The van der Waals surface area contributed by atoms with Crippen LogP contribution in [0.15, 0.2) is 60.7 Å². The largest absolute Gasteiger partial charge is 0.430 e. The molecule has 3 aromatic carbocycles. The van der Waals surface area contributed by atoms with Crippen LogP contribution in [0.4, 0.5) is 32.0 Å². The van der Waals surface area contributed by atoms with Crippen LogP contribution >= 0.6 is 22.6 Å². The van der Waals surface area contributed by atoms with E-state index in [0.717, 1.165) is 12.3 Å². The fraction of sp³-hybridized carbons (Fsp3) is 0.344. The van der Waals surface area contributed by atoms with Crippen LogP contribution in [0.5, 0.6) is 0 Å². The normalized spacial score (nSPS) is 12.7. The number of sulfone groups is 1. The van der Waals surface area contributed by atoms with Gasteiger partial charge in [-0.2, -0.15) is 31.6 Å². The lowest BCUT2D eigenvalue weighted by Crippen LogP contribution is -2.56. The highest BCUT2D eigenvalue weighted by Crippen LogP contribution is 2.53. The number of hydrogen-bond acceptors (Lipinski definition) is 6. The number of amides is 2. The van der Waals surface area contributed by atoms with Crippen LogP contribution in [0.3, 0.4) is 0 Å². The zero-order chi connectivity index (χ0) is 36.3. The third-order valence-corrected chi connectivity index (χ3v) is 9.15. The SMILES string of the molecule is Cc1cc(C(OCCc2cccc(C#N)c2)(C(F)(F)F)C(F)(F)F)ccc1NC(=O)c1cccc(I)c1C(=O)NC(C)(C)CS(C)(=O)=O. The number of nitrogens with zero attached hydrogens (tertiary/aromatic N) is 1. The molecule has 3 rings (SSSR count). The van der Waals surface area contributed by atoms with Crippen molar-refractivity contribution < 1.29 is 49.1 Å². The number of hydrogen-bond donors (Lipinski definition) is 2. The summed E-state index contributed by atoms with van der Waals surface area (Å²) in [7, 11) is -3.50. The number of benzene rings is 3. The van der Waals surface area contributed by atoms with Crippen LogP contribution in [-0.2, 0) is 26.6 Å². The van der Waals surface area contributed by atoms with E-state index in [0.29, 0.717) is 21.3 Å². The van der Waals surface area contributed by atoms with E-state index in [2.05, 4.69) is 15.4 Å². The summed E-state index contributed by atoms with van der Waals surface area (Å²) >= 11 is 1.80. The number of halogens is 7. The summed E-state index contributed by atoms with van der Waals surface area (Å²) in [4.78, 5) is 26.6. The van der Waals surface area contributed by atoms with Gasteiger partial charge in [0.05, 0.1) is 35.1 Å². The van der Waals surface area contributed by atoms with Gasteiger partial charge in [0.1, 0.15) is 9.84 Å². The summed E-state index contributed by atoms with van der Waals surface area (Å²) in [5, 5.41) is 14.0. The highest BCUT2D eigenvalue weighted by Gasteiger charge is 2.73. The zero-order valence-corrected chi connectivity index (χ0v) is 28.9. The zero-order valence-electron chi connectivity index (χ0n) is 25.9. The van der Waals surface area contributed by atoms with Crippen molar-refractivity contribution in [1.82, 2.24) is 5.32 Å². The number of anilines is 1. The molecule has 8 nitrogen and oxygen atoms in total. The number of nitriles is 1. The number of aryl methyl sites for hydroxylation is 1. The summed E-state index contributed by atoms with van der Waals surface area (Å²) in [6.07, 6.45) is -11.3. The van der Waals surface area contributed by atoms with E-state index in [1.807, 2.05) is 6.07 Å². The van der Waals surface area contributed by atoms with Gasteiger partial charge in [-0.3, -0.25) is 9.59 Å². The molecule has 0 heterocycles.